The number of hydrogen-bond acceptors (Lipinski definition) is 10. The van der Waals surface area contributed by atoms with Gasteiger partial charge in [-0.15, -0.1) is 0 Å². The number of unbranched alkanes of at least 4 members (excludes halogenated alkanes) is 21. The van der Waals surface area contributed by atoms with E-state index in [-0.39, 0.29) is 36.9 Å². The van der Waals surface area contributed by atoms with E-state index in [0.29, 0.717) is 39.1 Å². The van der Waals surface area contributed by atoms with Gasteiger partial charge in [-0.2, -0.15) is 0 Å². The zero-order valence-electron chi connectivity index (χ0n) is 45.6. The Balaban J connectivity index is 2.49. The number of nitrogens with zero attached hydrogens (tertiary/aromatic N) is 1. The first-order valence-electron chi connectivity index (χ1n) is 29.0. The van der Waals surface area contributed by atoms with E-state index < -0.39 is 29.5 Å². The molecule has 0 saturated carbocycles. The zero-order chi connectivity index (χ0) is 50.8. The molecule has 1 fully saturated rings. The first-order valence-corrected chi connectivity index (χ1v) is 29.0. The molecule has 404 valence electrons. The van der Waals surface area contributed by atoms with Crippen molar-refractivity contribution in [3.05, 3.63) is 0 Å². The lowest BCUT2D eigenvalue weighted by atomic mass is 9.87. The minimum absolute atomic E-state index is 0.0406. The number of esters is 4. The van der Waals surface area contributed by atoms with E-state index in [4.69, 9.17) is 24.1 Å². The highest BCUT2D eigenvalue weighted by molar-refractivity contribution is 5.78. The second-order valence-electron chi connectivity index (χ2n) is 21.3. The molecule has 0 amide bonds. The van der Waals surface area contributed by atoms with Crippen LogP contribution in [0.3, 0.4) is 0 Å². The van der Waals surface area contributed by atoms with E-state index in [2.05, 4.69) is 27.7 Å². The van der Waals surface area contributed by atoms with Crippen molar-refractivity contribution in [3.8, 4) is 0 Å². The van der Waals surface area contributed by atoms with Gasteiger partial charge in [0.25, 0.3) is 0 Å². The first-order chi connectivity index (χ1) is 33.4. The first kappa shape index (κ1) is 64.3. The Bertz CT molecular complexity index is 1280. The summed E-state index contributed by atoms with van der Waals surface area (Å²) in [4.78, 5) is 64.8. The summed E-state index contributed by atoms with van der Waals surface area (Å²) < 4.78 is 23.2. The fraction of sp³-hybridized carbons (Fsp3) is 0.914. The quantitative estimate of drug-likeness (QED) is 0.0353. The van der Waals surface area contributed by atoms with Gasteiger partial charge in [-0.05, 0) is 90.5 Å². The van der Waals surface area contributed by atoms with Crippen LogP contribution in [-0.4, -0.2) is 84.4 Å². The van der Waals surface area contributed by atoms with Crippen LogP contribution >= 0.6 is 0 Å². The largest absolute Gasteiger partial charge is 0.481 e. The molecule has 0 radical (unpaired) electrons. The van der Waals surface area contributed by atoms with Gasteiger partial charge in [0.15, 0.2) is 0 Å². The molecule has 1 aliphatic rings. The number of hydrogen-bond donors (Lipinski definition) is 1. The molecule has 0 aromatic heterocycles. The van der Waals surface area contributed by atoms with Crippen molar-refractivity contribution in [2.75, 3.05) is 26.3 Å². The number of ether oxygens (including phenoxy) is 4. The number of carboxylic acids is 1. The molecular formula is C58H107NO10. The lowest BCUT2D eigenvalue weighted by molar-refractivity contribution is -0.154. The molecule has 0 aromatic carbocycles. The van der Waals surface area contributed by atoms with Crippen LogP contribution in [0.2, 0.25) is 0 Å². The van der Waals surface area contributed by atoms with Crippen LogP contribution in [0.5, 0.6) is 0 Å². The van der Waals surface area contributed by atoms with E-state index in [1.165, 1.54) is 116 Å². The summed E-state index contributed by atoms with van der Waals surface area (Å²) in [5.41, 5.74) is -0.541. The number of likely N-dealkylation sites (tertiary alicyclic amines) is 1. The van der Waals surface area contributed by atoms with Gasteiger partial charge in [-0.25, -0.2) is 0 Å². The Kier molecular flexibility index (Phi) is 40.0. The second kappa shape index (κ2) is 42.9. The highest BCUT2D eigenvalue weighted by Crippen LogP contribution is 2.28. The molecule has 0 unspecified atom stereocenters. The third-order valence-electron chi connectivity index (χ3n) is 14.3. The van der Waals surface area contributed by atoms with E-state index in [1.807, 2.05) is 18.7 Å². The number of carbonyl (C=O) groups excluding carboxylic acids is 4. The number of carboxylic acid groups (broad SMARTS) is 1. The summed E-state index contributed by atoms with van der Waals surface area (Å²) in [6.45, 7) is 14.8. The third-order valence-corrected chi connectivity index (χ3v) is 14.3. The Morgan fingerprint density at radius 1 is 0.536 bits per heavy atom. The van der Waals surface area contributed by atoms with Crippen LogP contribution in [0.4, 0.5) is 0 Å². The van der Waals surface area contributed by atoms with Gasteiger partial charge >= 0.3 is 29.8 Å². The number of aliphatic carboxylic acids is 1. The molecule has 1 rings (SSSR count). The molecule has 11 nitrogen and oxygen atoms in total. The Labute approximate surface area is 422 Å². The fourth-order valence-electron chi connectivity index (χ4n) is 9.74. The highest BCUT2D eigenvalue weighted by Gasteiger charge is 2.39. The fourth-order valence-corrected chi connectivity index (χ4v) is 9.74. The van der Waals surface area contributed by atoms with Crippen molar-refractivity contribution in [3.63, 3.8) is 0 Å². The smallest absolute Gasteiger partial charge is 0.323 e. The SMILES string of the molecule is CCCCCCCCC(CCCCCCCC)OC(=O)CCCCCCCOC(=O)[C@@H]1C[C@H](OC(=O)CCC(=O)O)CN1CCCCCCC(C)(C)C(=O)OCCCC(CCCCC)CCCCC. The zero-order valence-corrected chi connectivity index (χ0v) is 45.6. The standard InChI is InChI=1S/C58H107NO10/c1-7-11-15-17-20-28-38-50(39-29-21-18-16-12-8-2)68-54(62)40-30-22-19-25-33-45-66-56(64)52-47-51(69-55(63)42-41-53(60)61)48-59(52)44-32-24-23-31-43-58(5,6)57(65)67-46-34-37-49(35-26-13-9-3)36-27-14-10-4/h49-52H,7-48H2,1-6H3,(H,60,61)/t51-,52-/m0/s1. The molecule has 0 aromatic rings. The molecule has 0 aliphatic carbocycles. The van der Waals surface area contributed by atoms with Crippen molar-refractivity contribution < 1.29 is 48.0 Å². The maximum atomic E-state index is 13.4. The van der Waals surface area contributed by atoms with E-state index in [0.717, 1.165) is 109 Å². The summed E-state index contributed by atoms with van der Waals surface area (Å²) in [7, 11) is 0. The van der Waals surface area contributed by atoms with Crippen molar-refractivity contribution in [2.24, 2.45) is 11.3 Å². The minimum Gasteiger partial charge on any atom is -0.481 e. The molecule has 2 atom stereocenters. The van der Waals surface area contributed by atoms with Crippen LogP contribution in [0.15, 0.2) is 0 Å². The third kappa shape index (κ3) is 35.1. The van der Waals surface area contributed by atoms with Crippen molar-refractivity contribution in [2.45, 2.75) is 304 Å². The second-order valence-corrected chi connectivity index (χ2v) is 21.3. The Morgan fingerprint density at radius 3 is 1.64 bits per heavy atom. The van der Waals surface area contributed by atoms with Crippen LogP contribution in [-0.2, 0) is 42.9 Å². The van der Waals surface area contributed by atoms with Gasteiger partial charge in [0.05, 0.1) is 31.5 Å². The maximum absolute atomic E-state index is 13.4. The predicted octanol–water partition coefficient (Wildman–Crippen LogP) is 15.2. The molecule has 0 spiro atoms. The van der Waals surface area contributed by atoms with E-state index >= 15 is 0 Å². The molecular weight excluding hydrogens is 871 g/mol. The normalized spacial score (nSPS) is 15.2. The summed E-state index contributed by atoms with van der Waals surface area (Å²) in [5.74, 6) is -1.39. The predicted molar refractivity (Wildman–Crippen MR) is 280 cm³/mol. The van der Waals surface area contributed by atoms with Crippen LogP contribution in [0.25, 0.3) is 0 Å². The van der Waals surface area contributed by atoms with Crippen LogP contribution < -0.4 is 0 Å². The van der Waals surface area contributed by atoms with Crippen molar-refractivity contribution in [1.29, 1.82) is 0 Å². The summed E-state index contributed by atoms with van der Waals surface area (Å²) in [5, 5.41) is 9.02. The summed E-state index contributed by atoms with van der Waals surface area (Å²) in [6, 6.07) is -0.532. The monoisotopic (exact) mass is 978 g/mol. The average molecular weight is 978 g/mol. The van der Waals surface area contributed by atoms with Gasteiger partial charge in [-0.1, -0.05) is 182 Å². The minimum atomic E-state index is -1.06. The summed E-state index contributed by atoms with van der Waals surface area (Å²) >= 11 is 0. The van der Waals surface area contributed by atoms with Crippen molar-refractivity contribution >= 4 is 29.8 Å². The van der Waals surface area contributed by atoms with Crippen LogP contribution in [0, 0.1) is 11.3 Å². The van der Waals surface area contributed by atoms with Gasteiger partial charge in [0.2, 0.25) is 0 Å². The Hall–Kier alpha value is -2.69. The highest BCUT2D eigenvalue weighted by atomic mass is 16.6. The van der Waals surface area contributed by atoms with Gasteiger partial charge < -0.3 is 24.1 Å². The van der Waals surface area contributed by atoms with E-state index in [9.17, 15) is 24.0 Å². The molecule has 1 heterocycles. The summed E-state index contributed by atoms with van der Waals surface area (Å²) in [6.07, 6.45) is 37.6. The van der Waals surface area contributed by atoms with Gasteiger partial charge in [0, 0.05) is 19.4 Å². The van der Waals surface area contributed by atoms with E-state index in [1.54, 1.807) is 0 Å². The molecule has 1 N–H and O–H groups in total. The van der Waals surface area contributed by atoms with Gasteiger partial charge in [-0.3, -0.25) is 28.9 Å². The average Bonchev–Trinajstić information content (AvgIpc) is 3.72. The number of rotatable bonds is 48. The number of carbonyl (C=O) groups is 5. The molecule has 11 heteroatoms. The lowest BCUT2D eigenvalue weighted by Crippen LogP contribution is -2.38. The molecule has 0 bridgehead atoms. The topological polar surface area (TPSA) is 146 Å². The van der Waals surface area contributed by atoms with Crippen molar-refractivity contribution in [1.82, 2.24) is 4.90 Å². The van der Waals surface area contributed by atoms with Crippen LogP contribution in [0.1, 0.15) is 286 Å². The molecule has 1 aliphatic heterocycles. The molecule has 69 heavy (non-hydrogen) atoms. The lowest BCUT2D eigenvalue weighted by Gasteiger charge is -2.24. The maximum Gasteiger partial charge on any atom is 0.323 e. The Morgan fingerprint density at radius 2 is 1.03 bits per heavy atom. The molecule has 1 saturated heterocycles. The van der Waals surface area contributed by atoms with Gasteiger partial charge in [0.1, 0.15) is 18.2 Å².